The Kier molecular flexibility index (Phi) is 5.55. The summed E-state index contributed by atoms with van der Waals surface area (Å²) < 4.78 is 0. The molecule has 1 N–H and O–H groups in total. The summed E-state index contributed by atoms with van der Waals surface area (Å²) in [5.41, 5.74) is 2.45. The number of aryl methyl sites for hydroxylation is 1. The van der Waals surface area contributed by atoms with Crippen LogP contribution in [0.4, 0.5) is 5.82 Å². The van der Waals surface area contributed by atoms with E-state index in [1.54, 1.807) is 17.2 Å². The van der Waals surface area contributed by atoms with Gasteiger partial charge in [-0.2, -0.15) is 0 Å². The number of carbonyl (C=O) groups excluding carboxylic acids is 2. The fraction of sp³-hybridized carbons (Fsp3) is 0.364. The largest absolute Gasteiger partial charge is 0.387 e. The third-order valence-electron chi connectivity index (χ3n) is 5.33. The van der Waals surface area contributed by atoms with E-state index in [4.69, 9.17) is 4.84 Å². The molecule has 2 aliphatic heterocycles. The number of hydrogen-bond acceptors (Lipinski definition) is 5. The number of pyridine rings is 1. The number of anilines is 1. The highest BCUT2D eigenvalue weighted by molar-refractivity contribution is 6.39. The highest BCUT2D eigenvalue weighted by Gasteiger charge is 2.34. The molecule has 29 heavy (non-hydrogen) atoms. The molecule has 0 spiro atoms. The van der Waals surface area contributed by atoms with Crippen LogP contribution in [-0.2, 0) is 14.4 Å². The van der Waals surface area contributed by atoms with E-state index in [2.05, 4.69) is 15.5 Å². The lowest BCUT2D eigenvalue weighted by molar-refractivity contribution is -0.128. The Balaban J connectivity index is 1.35. The van der Waals surface area contributed by atoms with Crippen molar-refractivity contribution in [2.24, 2.45) is 11.1 Å². The van der Waals surface area contributed by atoms with Gasteiger partial charge in [0.25, 0.3) is 5.91 Å². The van der Waals surface area contributed by atoms with Gasteiger partial charge in [-0.15, -0.1) is 0 Å². The van der Waals surface area contributed by atoms with Crippen LogP contribution in [0.3, 0.4) is 0 Å². The molecule has 1 fully saturated rings. The number of likely N-dealkylation sites (tertiary alicyclic amines) is 1. The van der Waals surface area contributed by atoms with Gasteiger partial charge in [-0.3, -0.25) is 9.59 Å². The highest BCUT2D eigenvalue weighted by atomic mass is 16.6. The van der Waals surface area contributed by atoms with Gasteiger partial charge in [0.05, 0.1) is 5.92 Å². The smallest absolute Gasteiger partial charge is 0.271 e. The molecule has 7 nitrogen and oxygen atoms in total. The molecule has 2 aromatic rings. The van der Waals surface area contributed by atoms with Gasteiger partial charge in [-0.25, -0.2) is 4.98 Å². The molecule has 2 aliphatic rings. The Morgan fingerprint density at radius 3 is 2.76 bits per heavy atom. The van der Waals surface area contributed by atoms with Crippen molar-refractivity contribution >= 4 is 23.3 Å². The molecule has 7 heteroatoms. The van der Waals surface area contributed by atoms with Crippen molar-refractivity contribution in [2.75, 3.05) is 18.4 Å². The van der Waals surface area contributed by atoms with E-state index in [1.807, 2.05) is 43.3 Å². The maximum absolute atomic E-state index is 12.9. The molecule has 1 saturated heterocycles. The number of carbonyl (C=O) groups is 2. The summed E-state index contributed by atoms with van der Waals surface area (Å²) >= 11 is 0. The molecular weight excluding hydrogens is 368 g/mol. The van der Waals surface area contributed by atoms with Crippen LogP contribution >= 0.6 is 0 Å². The lowest BCUT2D eigenvalue weighted by Crippen LogP contribution is -2.46. The van der Waals surface area contributed by atoms with Crippen LogP contribution in [0.25, 0.3) is 0 Å². The summed E-state index contributed by atoms with van der Waals surface area (Å²) in [5, 5.41) is 6.88. The minimum atomic E-state index is -0.261. The van der Waals surface area contributed by atoms with Crippen LogP contribution < -0.4 is 5.32 Å². The van der Waals surface area contributed by atoms with E-state index >= 15 is 0 Å². The summed E-state index contributed by atoms with van der Waals surface area (Å²) in [6, 6.07) is 13.4. The van der Waals surface area contributed by atoms with Crippen LogP contribution in [0.2, 0.25) is 0 Å². The summed E-state index contributed by atoms with van der Waals surface area (Å²) in [6.45, 7) is 2.95. The molecule has 150 valence electrons. The first-order valence-electron chi connectivity index (χ1n) is 9.90. The average Bonchev–Trinajstić information content (AvgIpc) is 3.26. The quantitative estimate of drug-likeness (QED) is 0.867. The van der Waals surface area contributed by atoms with E-state index in [1.165, 1.54) is 0 Å². The Morgan fingerprint density at radius 1 is 1.17 bits per heavy atom. The number of nitrogens with zero attached hydrogens (tertiary/aromatic N) is 3. The third-order valence-corrected chi connectivity index (χ3v) is 5.33. The summed E-state index contributed by atoms with van der Waals surface area (Å²) in [5.74, 6) is 0.0204. The van der Waals surface area contributed by atoms with Gasteiger partial charge >= 0.3 is 0 Å². The SMILES string of the molecule is Cc1ccc(NC(=O)[C@H]2CCCN(C(=O)C3=NO[C@@H](c4ccccc4)C3)C2)nc1. The molecule has 0 bridgehead atoms. The molecular formula is C22H24N4O3. The van der Waals surface area contributed by atoms with E-state index in [-0.39, 0.29) is 23.8 Å². The fourth-order valence-electron chi connectivity index (χ4n) is 3.68. The lowest BCUT2D eigenvalue weighted by Gasteiger charge is -2.31. The van der Waals surface area contributed by atoms with E-state index in [0.29, 0.717) is 31.0 Å². The Hall–Kier alpha value is -3.22. The lowest BCUT2D eigenvalue weighted by atomic mass is 9.96. The standard InChI is InChI=1S/C22H24N4O3/c1-15-9-10-20(23-13-15)24-21(27)17-8-5-11-26(14-17)22(28)18-12-19(29-25-18)16-6-3-2-4-7-16/h2-4,6-7,9-10,13,17,19H,5,8,11-12,14H2,1H3,(H,23,24,27)/t17-,19+/m0/s1. The number of rotatable bonds is 4. The monoisotopic (exact) mass is 392 g/mol. The van der Waals surface area contributed by atoms with Crippen LogP contribution in [-0.4, -0.2) is 40.5 Å². The van der Waals surface area contributed by atoms with Crippen LogP contribution in [0.5, 0.6) is 0 Å². The van der Waals surface area contributed by atoms with E-state index < -0.39 is 0 Å². The van der Waals surface area contributed by atoms with Gasteiger partial charge in [0.1, 0.15) is 11.5 Å². The Bertz CT molecular complexity index is 911. The molecule has 4 rings (SSSR count). The first kappa shape index (κ1) is 19.1. The molecule has 2 amide bonds. The van der Waals surface area contributed by atoms with E-state index in [9.17, 15) is 9.59 Å². The molecule has 1 aromatic heterocycles. The van der Waals surface area contributed by atoms with Crippen LogP contribution in [0, 0.1) is 12.8 Å². The molecule has 0 saturated carbocycles. The summed E-state index contributed by atoms with van der Waals surface area (Å²) in [7, 11) is 0. The molecule has 3 heterocycles. The summed E-state index contributed by atoms with van der Waals surface area (Å²) in [6.07, 6.45) is 3.46. The zero-order valence-corrected chi connectivity index (χ0v) is 16.4. The van der Waals surface area contributed by atoms with Crippen molar-refractivity contribution in [1.82, 2.24) is 9.88 Å². The molecule has 2 atom stereocenters. The minimum Gasteiger partial charge on any atom is -0.387 e. The normalized spacial score (nSPS) is 21.3. The predicted molar refractivity (Wildman–Crippen MR) is 109 cm³/mol. The Labute approximate surface area is 169 Å². The number of piperidine rings is 1. The second kappa shape index (κ2) is 8.43. The zero-order valence-electron chi connectivity index (χ0n) is 16.4. The van der Waals surface area contributed by atoms with Gasteiger partial charge in [0.15, 0.2) is 6.10 Å². The first-order chi connectivity index (χ1) is 14.1. The van der Waals surface area contributed by atoms with Crippen molar-refractivity contribution < 1.29 is 14.4 Å². The maximum Gasteiger partial charge on any atom is 0.271 e. The van der Waals surface area contributed by atoms with Gasteiger partial charge in [-0.05, 0) is 37.0 Å². The molecule has 0 aliphatic carbocycles. The second-order valence-electron chi connectivity index (χ2n) is 7.55. The third kappa shape index (κ3) is 4.45. The number of hydrogen-bond donors (Lipinski definition) is 1. The fourth-order valence-corrected chi connectivity index (χ4v) is 3.68. The number of amides is 2. The second-order valence-corrected chi connectivity index (χ2v) is 7.55. The first-order valence-corrected chi connectivity index (χ1v) is 9.90. The topological polar surface area (TPSA) is 83.9 Å². The predicted octanol–water partition coefficient (Wildman–Crippen LogP) is 3.08. The van der Waals surface area contributed by atoms with E-state index in [0.717, 1.165) is 24.0 Å². The van der Waals surface area contributed by atoms with Gasteiger partial charge in [0, 0.05) is 25.7 Å². The number of oxime groups is 1. The summed E-state index contributed by atoms with van der Waals surface area (Å²) in [4.78, 5) is 37.0. The van der Waals surface area contributed by atoms with Gasteiger partial charge < -0.3 is 15.1 Å². The number of benzene rings is 1. The van der Waals surface area contributed by atoms with Gasteiger partial charge in [0.2, 0.25) is 5.91 Å². The Morgan fingerprint density at radius 2 is 2.00 bits per heavy atom. The maximum atomic E-state index is 12.9. The molecule has 0 radical (unpaired) electrons. The van der Waals surface area contributed by atoms with Crippen LogP contribution in [0.1, 0.15) is 36.5 Å². The highest BCUT2D eigenvalue weighted by Crippen LogP contribution is 2.28. The van der Waals surface area contributed by atoms with Crippen LogP contribution in [0.15, 0.2) is 53.8 Å². The van der Waals surface area contributed by atoms with Crippen molar-refractivity contribution in [3.63, 3.8) is 0 Å². The van der Waals surface area contributed by atoms with Crippen molar-refractivity contribution in [3.8, 4) is 0 Å². The number of nitrogens with one attached hydrogen (secondary N) is 1. The average molecular weight is 392 g/mol. The van der Waals surface area contributed by atoms with Crippen molar-refractivity contribution in [1.29, 1.82) is 0 Å². The zero-order chi connectivity index (χ0) is 20.2. The molecule has 0 unspecified atom stereocenters. The van der Waals surface area contributed by atoms with Gasteiger partial charge in [-0.1, -0.05) is 41.6 Å². The minimum absolute atomic E-state index is 0.106. The molecule has 1 aromatic carbocycles. The van der Waals surface area contributed by atoms with Crippen molar-refractivity contribution in [3.05, 3.63) is 59.8 Å². The number of aromatic nitrogens is 1. The van der Waals surface area contributed by atoms with Crippen molar-refractivity contribution in [2.45, 2.75) is 32.3 Å².